The molecule has 0 spiro atoms. The van der Waals surface area contributed by atoms with Gasteiger partial charge in [0, 0.05) is 6.42 Å². The van der Waals surface area contributed by atoms with Gasteiger partial charge in [-0.1, -0.05) is 161 Å². The predicted molar refractivity (Wildman–Crippen MR) is 200 cm³/mol. The molecule has 4 aliphatic carbocycles. The summed E-state index contributed by atoms with van der Waals surface area (Å²) >= 11 is 0. The molecular formula is C44H78O3. The fourth-order valence-corrected chi connectivity index (χ4v) is 11.1. The molecule has 3 saturated carbocycles. The summed E-state index contributed by atoms with van der Waals surface area (Å²) in [4.78, 5) is 12.6. The SMILES string of the molecule is CCCCCCCCCCCCCCCCOC(=O)OC1CCC2(C)C(=CCC3C2CCC2(C)C(CCCCCCCC)CCC32)C1. The summed E-state index contributed by atoms with van der Waals surface area (Å²) in [6.07, 6.45) is 41.1. The maximum atomic E-state index is 12.6. The van der Waals surface area contributed by atoms with Gasteiger partial charge < -0.3 is 9.47 Å². The average molecular weight is 655 g/mol. The van der Waals surface area contributed by atoms with Gasteiger partial charge in [0.15, 0.2) is 0 Å². The van der Waals surface area contributed by atoms with Crippen LogP contribution in [0.15, 0.2) is 11.6 Å². The van der Waals surface area contributed by atoms with Crippen molar-refractivity contribution in [1.82, 2.24) is 0 Å². The second-order valence-electron chi connectivity index (χ2n) is 17.3. The average Bonchev–Trinajstić information content (AvgIpc) is 3.40. The molecule has 4 aliphatic rings. The van der Waals surface area contributed by atoms with Crippen LogP contribution in [0.4, 0.5) is 4.79 Å². The van der Waals surface area contributed by atoms with E-state index in [4.69, 9.17) is 9.47 Å². The van der Waals surface area contributed by atoms with Gasteiger partial charge >= 0.3 is 6.16 Å². The van der Waals surface area contributed by atoms with Crippen LogP contribution in [0.1, 0.15) is 214 Å². The molecule has 4 rings (SSSR count). The number of rotatable bonds is 23. The first-order valence-corrected chi connectivity index (χ1v) is 21.4. The lowest BCUT2D eigenvalue weighted by molar-refractivity contribution is -0.0563. The van der Waals surface area contributed by atoms with Crippen molar-refractivity contribution in [1.29, 1.82) is 0 Å². The monoisotopic (exact) mass is 655 g/mol. The molecule has 47 heavy (non-hydrogen) atoms. The van der Waals surface area contributed by atoms with Gasteiger partial charge in [-0.2, -0.15) is 0 Å². The fraction of sp³-hybridized carbons (Fsp3) is 0.932. The lowest BCUT2D eigenvalue weighted by atomic mass is 9.47. The lowest BCUT2D eigenvalue weighted by Crippen LogP contribution is -2.50. The van der Waals surface area contributed by atoms with Crippen LogP contribution >= 0.6 is 0 Å². The van der Waals surface area contributed by atoms with Gasteiger partial charge in [-0.3, -0.25) is 0 Å². The third-order valence-corrected chi connectivity index (χ3v) is 14.1. The van der Waals surface area contributed by atoms with Gasteiger partial charge in [0.2, 0.25) is 0 Å². The molecule has 0 heterocycles. The molecule has 7 unspecified atom stereocenters. The third-order valence-electron chi connectivity index (χ3n) is 14.1. The summed E-state index contributed by atoms with van der Waals surface area (Å²) in [6.45, 7) is 10.4. The van der Waals surface area contributed by atoms with Crippen molar-refractivity contribution in [2.24, 2.45) is 34.5 Å². The van der Waals surface area contributed by atoms with Gasteiger partial charge in [-0.15, -0.1) is 0 Å². The van der Waals surface area contributed by atoms with Gasteiger partial charge in [0.1, 0.15) is 6.10 Å². The summed E-state index contributed by atoms with van der Waals surface area (Å²) in [5.74, 6) is 3.56. The Hall–Kier alpha value is -0.990. The Morgan fingerprint density at radius 1 is 0.681 bits per heavy atom. The number of fused-ring (bicyclic) bond motifs is 5. The molecule has 0 aromatic rings. The van der Waals surface area contributed by atoms with E-state index >= 15 is 0 Å². The Labute approximate surface area is 292 Å². The van der Waals surface area contributed by atoms with Crippen LogP contribution in [0.5, 0.6) is 0 Å². The largest absolute Gasteiger partial charge is 0.508 e. The Kier molecular flexibility index (Phi) is 17.0. The number of unbranched alkanes of at least 4 members (excludes halogenated alkanes) is 18. The molecule has 3 heteroatoms. The summed E-state index contributed by atoms with van der Waals surface area (Å²) in [5.41, 5.74) is 2.48. The second kappa shape index (κ2) is 20.6. The fourth-order valence-electron chi connectivity index (χ4n) is 11.1. The Balaban J connectivity index is 1.08. The number of ether oxygens (including phenoxy) is 2. The Bertz CT molecular complexity index is 910. The topological polar surface area (TPSA) is 35.5 Å². The molecule has 3 fully saturated rings. The van der Waals surface area contributed by atoms with Crippen LogP contribution in [0, 0.1) is 34.5 Å². The van der Waals surface area contributed by atoms with Crippen molar-refractivity contribution < 1.29 is 14.3 Å². The van der Waals surface area contributed by atoms with Crippen molar-refractivity contribution >= 4 is 6.16 Å². The van der Waals surface area contributed by atoms with Crippen molar-refractivity contribution in [3.05, 3.63) is 11.6 Å². The molecule has 7 atom stereocenters. The van der Waals surface area contributed by atoms with E-state index < -0.39 is 6.16 Å². The molecule has 0 N–H and O–H groups in total. The second-order valence-corrected chi connectivity index (χ2v) is 17.3. The summed E-state index contributed by atoms with van der Waals surface area (Å²) in [7, 11) is 0. The van der Waals surface area contributed by atoms with E-state index in [0.29, 0.717) is 17.4 Å². The highest BCUT2D eigenvalue weighted by atomic mass is 16.7. The molecule has 272 valence electrons. The molecule has 0 saturated heterocycles. The van der Waals surface area contributed by atoms with E-state index in [1.807, 2.05) is 0 Å². The molecular weight excluding hydrogens is 576 g/mol. The zero-order chi connectivity index (χ0) is 33.4. The number of carbonyl (C=O) groups is 1. The molecule has 0 bridgehead atoms. The number of hydrogen-bond donors (Lipinski definition) is 0. The quantitative estimate of drug-likeness (QED) is 0.0625. The summed E-state index contributed by atoms with van der Waals surface area (Å²) in [6, 6.07) is 0. The van der Waals surface area contributed by atoms with Crippen LogP contribution < -0.4 is 0 Å². The van der Waals surface area contributed by atoms with Crippen molar-refractivity contribution in [3.8, 4) is 0 Å². The zero-order valence-corrected chi connectivity index (χ0v) is 31.9. The maximum absolute atomic E-state index is 12.6. The van der Waals surface area contributed by atoms with Crippen LogP contribution in [0.2, 0.25) is 0 Å². The zero-order valence-electron chi connectivity index (χ0n) is 31.9. The highest BCUT2D eigenvalue weighted by Gasteiger charge is 2.58. The normalized spacial score (nSPS) is 31.5. The van der Waals surface area contributed by atoms with E-state index in [-0.39, 0.29) is 6.10 Å². The molecule has 3 nitrogen and oxygen atoms in total. The van der Waals surface area contributed by atoms with Crippen LogP contribution in [0.25, 0.3) is 0 Å². The first-order valence-electron chi connectivity index (χ1n) is 21.4. The van der Waals surface area contributed by atoms with Crippen LogP contribution in [-0.2, 0) is 9.47 Å². The molecule has 0 aromatic carbocycles. The molecule has 0 amide bonds. The van der Waals surface area contributed by atoms with E-state index in [0.717, 1.165) is 49.4 Å². The van der Waals surface area contributed by atoms with Gasteiger partial charge in [0.05, 0.1) is 6.61 Å². The van der Waals surface area contributed by atoms with E-state index in [1.54, 1.807) is 5.57 Å². The van der Waals surface area contributed by atoms with E-state index in [2.05, 4.69) is 33.8 Å². The number of hydrogen-bond acceptors (Lipinski definition) is 3. The smallest absolute Gasteiger partial charge is 0.434 e. The first kappa shape index (κ1) is 38.8. The van der Waals surface area contributed by atoms with Gasteiger partial charge in [-0.25, -0.2) is 4.79 Å². The Morgan fingerprint density at radius 2 is 1.26 bits per heavy atom. The highest BCUT2D eigenvalue weighted by Crippen LogP contribution is 2.66. The highest BCUT2D eigenvalue weighted by molar-refractivity contribution is 5.60. The van der Waals surface area contributed by atoms with Gasteiger partial charge in [-0.05, 0) is 92.3 Å². The van der Waals surface area contributed by atoms with Gasteiger partial charge in [0.25, 0.3) is 0 Å². The molecule has 0 radical (unpaired) electrons. The molecule has 0 aliphatic heterocycles. The summed E-state index contributed by atoms with van der Waals surface area (Å²) in [5, 5.41) is 0. The maximum Gasteiger partial charge on any atom is 0.508 e. The first-order chi connectivity index (χ1) is 22.9. The third kappa shape index (κ3) is 11.3. The summed E-state index contributed by atoms with van der Waals surface area (Å²) < 4.78 is 11.4. The Morgan fingerprint density at radius 3 is 1.87 bits per heavy atom. The molecule has 0 aromatic heterocycles. The minimum Gasteiger partial charge on any atom is -0.434 e. The standard InChI is InChI=1S/C44H78O3/c1-5-7-9-11-13-14-15-16-17-18-19-20-22-24-34-46-42(45)47-38-30-32-44(4)37(35-38)26-28-39-40-29-27-36(25-23-21-12-10-8-6-2)43(40,3)33-31-41(39)44/h26,36,38-41H,5-25,27-35H2,1-4H3. The lowest BCUT2D eigenvalue weighted by Gasteiger charge is -2.58. The number of allylic oxidation sites excluding steroid dienone is 1. The van der Waals surface area contributed by atoms with E-state index in [1.165, 1.54) is 161 Å². The minimum absolute atomic E-state index is 0.00300. The van der Waals surface area contributed by atoms with Crippen molar-refractivity contribution in [2.45, 2.75) is 220 Å². The van der Waals surface area contributed by atoms with Crippen LogP contribution in [0.3, 0.4) is 0 Å². The van der Waals surface area contributed by atoms with E-state index in [9.17, 15) is 4.79 Å². The van der Waals surface area contributed by atoms with Crippen molar-refractivity contribution in [3.63, 3.8) is 0 Å². The number of carbonyl (C=O) groups excluding carboxylic acids is 1. The van der Waals surface area contributed by atoms with Crippen molar-refractivity contribution in [2.75, 3.05) is 6.61 Å². The predicted octanol–water partition coefficient (Wildman–Crippen LogP) is 14.3. The minimum atomic E-state index is -0.432. The van der Waals surface area contributed by atoms with Crippen LogP contribution in [-0.4, -0.2) is 18.9 Å².